The fourth-order valence-corrected chi connectivity index (χ4v) is 2.57. The zero-order valence-corrected chi connectivity index (χ0v) is 12.7. The molecule has 0 bridgehead atoms. The Labute approximate surface area is 119 Å². The van der Waals surface area contributed by atoms with E-state index in [1.807, 2.05) is 43.9 Å². The quantitative estimate of drug-likeness (QED) is 0.494. The first-order valence-electron chi connectivity index (χ1n) is 6.35. The van der Waals surface area contributed by atoms with Gasteiger partial charge in [-0.1, -0.05) is 12.2 Å². The van der Waals surface area contributed by atoms with Gasteiger partial charge in [-0.2, -0.15) is 0 Å². The van der Waals surface area contributed by atoms with E-state index < -0.39 is 0 Å². The molecule has 1 rings (SSSR count). The Balaban J connectivity index is 2.57. The van der Waals surface area contributed by atoms with Crippen molar-refractivity contribution in [3.63, 3.8) is 0 Å². The molecular weight excluding hydrogens is 256 g/mol. The number of rotatable bonds is 6. The molecule has 0 aliphatic heterocycles. The topological polar surface area (TPSA) is 46.3 Å². The summed E-state index contributed by atoms with van der Waals surface area (Å²) >= 11 is 1.55. The van der Waals surface area contributed by atoms with E-state index in [0.717, 1.165) is 21.7 Å². The van der Waals surface area contributed by atoms with Crippen LogP contribution < -0.4 is 5.73 Å². The predicted octanol–water partition coefficient (Wildman–Crippen LogP) is 3.09. The number of carbonyl (C=O) groups excluding carboxylic acids is 1. The molecule has 0 aliphatic rings. The van der Waals surface area contributed by atoms with Gasteiger partial charge in [0.05, 0.1) is 5.75 Å². The van der Waals surface area contributed by atoms with Gasteiger partial charge in [0, 0.05) is 23.7 Å². The molecule has 0 radical (unpaired) electrons. The van der Waals surface area contributed by atoms with Crippen molar-refractivity contribution in [2.45, 2.75) is 25.7 Å². The van der Waals surface area contributed by atoms with Gasteiger partial charge in [0.25, 0.3) is 0 Å². The van der Waals surface area contributed by atoms with Crippen LogP contribution in [0.15, 0.2) is 35.2 Å². The van der Waals surface area contributed by atoms with Crippen molar-refractivity contribution < 1.29 is 4.79 Å². The molecule has 0 saturated carbocycles. The number of carbonyl (C=O) groups is 1. The van der Waals surface area contributed by atoms with Crippen molar-refractivity contribution in [2.75, 3.05) is 24.6 Å². The number of nitrogen functional groups attached to an aromatic ring is 1. The molecule has 0 spiro atoms. The van der Waals surface area contributed by atoms with Crippen molar-refractivity contribution in [1.29, 1.82) is 0 Å². The Morgan fingerprint density at radius 1 is 1.47 bits per heavy atom. The highest BCUT2D eigenvalue weighted by molar-refractivity contribution is 8.00. The molecular formula is C15H22N2OS. The van der Waals surface area contributed by atoms with E-state index in [1.165, 1.54) is 0 Å². The van der Waals surface area contributed by atoms with Crippen LogP contribution >= 0.6 is 11.8 Å². The Hall–Kier alpha value is -1.42. The summed E-state index contributed by atoms with van der Waals surface area (Å²) in [6, 6.07) is 5.85. The van der Waals surface area contributed by atoms with Crippen LogP contribution in [0.4, 0.5) is 5.69 Å². The lowest BCUT2D eigenvalue weighted by molar-refractivity contribution is -0.127. The number of nitrogens with two attached hydrogens (primary N) is 1. The molecule has 0 saturated heterocycles. The first kappa shape index (κ1) is 15.6. The minimum absolute atomic E-state index is 0.143. The number of nitrogens with zero attached hydrogens (tertiary/aromatic N) is 1. The minimum Gasteiger partial charge on any atom is -0.399 e. The summed E-state index contributed by atoms with van der Waals surface area (Å²) in [7, 11) is 0. The van der Waals surface area contributed by atoms with Gasteiger partial charge in [-0.05, 0) is 44.5 Å². The van der Waals surface area contributed by atoms with E-state index in [4.69, 9.17) is 5.73 Å². The standard InChI is InChI=1S/C15H22N2OS/c1-5-17(9-11(2)3)15(18)10-19-13-6-7-14(16)12(4)8-13/h6-8H,2,5,9-10,16H2,1,3-4H3. The van der Waals surface area contributed by atoms with Gasteiger partial charge in [-0.3, -0.25) is 4.79 Å². The maximum Gasteiger partial charge on any atom is 0.233 e. The molecule has 2 N–H and O–H groups in total. The Morgan fingerprint density at radius 2 is 2.16 bits per heavy atom. The van der Waals surface area contributed by atoms with Gasteiger partial charge >= 0.3 is 0 Å². The molecule has 1 amide bonds. The Morgan fingerprint density at radius 3 is 2.68 bits per heavy atom. The largest absolute Gasteiger partial charge is 0.399 e. The van der Waals surface area contributed by atoms with Crippen molar-refractivity contribution in [3.8, 4) is 0 Å². The first-order valence-corrected chi connectivity index (χ1v) is 7.33. The molecule has 104 valence electrons. The number of aryl methyl sites for hydroxylation is 1. The number of likely N-dealkylation sites (N-methyl/N-ethyl adjacent to an activating group) is 1. The third-order valence-electron chi connectivity index (χ3n) is 2.80. The summed E-state index contributed by atoms with van der Waals surface area (Å²) in [4.78, 5) is 15.0. The molecule has 1 aromatic carbocycles. The van der Waals surface area contributed by atoms with E-state index in [1.54, 1.807) is 11.8 Å². The van der Waals surface area contributed by atoms with E-state index in [-0.39, 0.29) is 5.91 Å². The van der Waals surface area contributed by atoms with Gasteiger partial charge in [0.15, 0.2) is 0 Å². The second kappa shape index (κ2) is 7.24. The Kier molecular flexibility index (Phi) is 5.96. The smallest absolute Gasteiger partial charge is 0.233 e. The van der Waals surface area contributed by atoms with Crippen molar-refractivity contribution in [2.24, 2.45) is 0 Å². The van der Waals surface area contributed by atoms with E-state index in [2.05, 4.69) is 6.58 Å². The summed E-state index contributed by atoms with van der Waals surface area (Å²) in [5, 5.41) is 0. The SMILES string of the molecule is C=C(C)CN(CC)C(=O)CSc1ccc(N)c(C)c1. The highest BCUT2D eigenvalue weighted by Crippen LogP contribution is 2.22. The maximum atomic E-state index is 12.1. The molecule has 0 aliphatic carbocycles. The molecule has 0 unspecified atom stereocenters. The van der Waals surface area contributed by atoms with Crippen LogP contribution in [0.25, 0.3) is 0 Å². The molecule has 0 atom stereocenters. The monoisotopic (exact) mass is 278 g/mol. The van der Waals surface area contributed by atoms with E-state index in [9.17, 15) is 4.79 Å². The molecule has 19 heavy (non-hydrogen) atoms. The van der Waals surface area contributed by atoms with E-state index >= 15 is 0 Å². The molecule has 1 aromatic rings. The molecule has 3 nitrogen and oxygen atoms in total. The van der Waals surface area contributed by atoms with Gasteiger partial charge in [-0.25, -0.2) is 0 Å². The number of amides is 1. The lowest BCUT2D eigenvalue weighted by Gasteiger charge is -2.20. The summed E-state index contributed by atoms with van der Waals surface area (Å²) in [6.07, 6.45) is 0. The normalized spacial score (nSPS) is 10.3. The molecule has 0 fully saturated rings. The lowest BCUT2D eigenvalue weighted by atomic mass is 10.2. The van der Waals surface area contributed by atoms with Gasteiger partial charge in [-0.15, -0.1) is 11.8 Å². The number of hydrogen-bond acceptors (Lipinski definition) is 3. The van der Waals surface area contributed by atoms with E-state index in [0.29, 0.717) is 18.8 Å². The third kappa shape index (κ3) is 4.99. The van der Waals surface area contributed by atoms with Gasteiger partial charge in [0.2, 0.25) is 5.91 Å². The number of hydrogen-bond donors (Lipinski definition) is 1. The summed E-state index contributed by atoms with van der Waals surface area (Å²) < 4.78 is 0. The highest BCUT2D eigenvalue weighted by atomic mass is 32.2. The highest BCUT2D eigenvalue weighted by Gasteiger charge is 2.12. The Bertz CT molecular complexity index is 471. The molecule has 4 heteroatoms. The van der Waals surface area contributed by atoms with Crippen LogP contribution in [0.3, 0.4) is 0 Å². The average Bonchev–Trinajstić information content (AvgIpc) is 2.36. The second-order valence-electron chi connectivity index (χ2n) is 4.67. The molecule has 0 aromatic heterocycles. The fraction of sp³-hybridized carbons (Fsp3) is 0.400. The summed E-state index contributed by atoms with van der Waals surface area (Å²) in [5.74, 6) is 0.592. The number of anilines is 1. The minimum atomic E-state index is 0.143. The fourth-order valence-electron chi connectivity index (χ4n) is 1.68. The molecule has 0 heterocycles. The first-order chi connectivity index (χ1) is 8.93. The number of thioether (sulfide) groups is 1. The van der Waals surface area contributed by atoms with Gasteiger partial charge in [0.1, 0.15) is 0 Å². The van der Waals surface area contributed by atoms with Crippen LogP contribution in [0.5, 0.6) is 0 Å². The van der Waals surface area contributed by atoms with Crippen LogP contribution in [0, 0.1) is 6.92 Å². The van der Waals surface area contributed by atoms with Gasteiger partial charge < -0.3 is 10.6 Å². The van der Waals surface area contributed by atoms with Crippen molar-refractivity contribution in [3.05, 3.63) is 35.9 Å². The third-order valence-corrected chi connectivity index (χ3v) is 3.78. The van der Waals surface area contributed by atoms with Crippen LogP contribution in [0.2, 0.25) is 0 Å². The summed E-state index contributed by atoms with van der Waals surface area (Å²) in [6.45, 7) is 11.1. The second-order valence-corrected chi connectivity index (χ2v) is 5.72. The number of benzene rings is 1. The zero-order chi connectivity index (χ0) is 14.4. The van der Waals surface area contributed by atoms with Crippen molar-refractivity contribution >= 4 is 23.4 Å². The zero-order valence-electron chi connectivity index (χ0n) is 11.9. The van der Waals surface area contributed by atoms with Crippen LogP contribution in [-0.2, 0) is 4.79 Å². The predicted molar refractivity (Wildman–Crippen MR) is 83.4 cm³/mol. The summed E-state index contributed by atoms with van der Waals surface area (Å²) in [5.41, 5.74) is 8.61. The maximum absolute atomic E-state index is 12.1. The average molecular weight is 278 g/mol. The van der Waals surface area contributed by atoms with Crippen LogP contribution in [-0.4, -0.2) is 29.6 Å². The van der Waals surface area contributed by atoms with Crippen LogP contribution in [0.1, 0.15) is 19.4 Å². The lowest BCUT2D eigenvalue weighted by Crippen LogP contribution is -2.33. The van der Waals surface area contributed by atoms with Crippen molar-refractivity contribution in [1.82, 2.24) is 4.90 Å².